The number of H-pyrrole nitrogens is 2. The molecule has 2 aliphatic rings. The summed E-state index contributed by atoms with van der Waals surface area (Å²) in [7, 11) is 2.56. The molecule has 5 aromatic rings. The predicted molar refractivity (Wildman–Crippen MR) is 214 cm³/mol. The van der Waals surface area contributed by atoms with Gasteiger partial charge in [0.25, 0.3) is 0 Å². The molecule has 4 amide bonds. The van der Waals surface area contributed by atoms with Crippen LogP contribution in [-0.4, -0.2) is 108 Å². The fourth-order valence-electron chi connectivity index (χ4n) is 7.69. The van der Waals surface area contributed by atoms with Crippen molar-refractivity contribution < 1.29 is 28.7 Å². The van der Waals surface area contributed by atoms with Gasteiger partial charge in [0.15, 0.2) is 0 Å². The molecule has 4 aromatic heterocycles. The highest BCUT2D eigenvalue weighted by Crippen LogP contribution is 2.35. The van der Waals surface area contributed by atoms with Gasteiger partial charge in [-0.2, -0.15) is 0 Å². The number of ether oxygens (including phenoxy) is 2. The van der Waals surface area contributed by atoms with E-state index in [1.165, 1.54) is 14.2 Å². The number of carbonyl (C=O) groups excluding carboxylic acids is 4. The number of aromatic amines is 2. The van der Waals surface area contributed by atoms with Crippen LogP contribution in [0.1, 0.15) is 77.1 Å². The Morgan fingerprint density at radius 1 is 0.690 bits per heavy atom. The molecule has 2 aliphatic heterocycles. The number of fused-ring (bicyclic) bond motifs is 1. The van der Waals surface area contributed by atoms with Crippen molar-refractivity contribution in [2.24, 2.45) is 11.8 Å². The lowest BCUT2D eigenvalue weighted by molar-refractivity contribution is -0.136. The third-order valence-corrected chi connectivity index (χ3v) is 10.9. The first-order chi connectivity index (χ1) is 27.9. The lowest BCUT2D eigenvalue weighted by Crippen LogP contribution is -2.51. The van der Waals surface area contributed by atoms with Crippen LogP contribution in [0.25, 0.3) is 44.9 Å². The van der Waals surface area contributed by atoms with Crippen LogP contribution in [-0.2, 0) is 19.1 Å². The number of likely N-dealkylation sites (tertiary alicyclic amines) is 2. The summed E-state index contributed by atoms with van der Waals surface area (Å²) in [5, 5.41) is 5.37. The number of rotatable bonds is 11. The van der Waals surface area contributed by atoms with Gasteiger partial charge in [0.05, 0.1) is 73.0 Å². The number of hydrogen-bond acceptors (Lipinski definition) is 11. The molecule has 0 bridgehead atoms. The van der Waals surface area contributed by atoms with Crippen molar-refractivity contribution in [1.82, 2.24) is 55.3 Å². The first-order valence-electron chi connectivity index (χ1n) is 19.6. The molecular formula is C41H49N11O6. The van der Waals surface area contributed by atoms with Crippen LogP contribution < -0.4 is 10.6 Å². The third kappa shape index (κ3) is 8.19. The minimum Gasteiger partial charge on any atom is -0.453 e. The Morgan fingerprint density at radius 3 is 1.74 bits per heavy atom. The molecule has 6 heterocycles. The van der Waals surface area contributed by atoms with E-state index in [1.807, 2.05) is 64.2 Å². The van der Waals surface area contributed by atoms with Gasteiger partial charge in [-0.3, -0.25) is 24.5 Å². The molecule has 58 heavy (non-hydrogen) atoms. The van der Waals surface area contributed by atoms with Gasteiger partial charge < -0.3 is 39.9 Å². The summed E-state index contributed by atoms with van der Waals surface area (Å²) in [6.07, 6.45) is 8.82. The number of nitrogens with zero attached hydrogens (tertiary/aromatic N) is 7. The number of pyridine rings is 1. The van der Waals surface area contributed by atoms with E-state index in [2.05, 4.69) is 35.6 Å². The number of methoxy groups -OCH3 is 2. The summed E-state index contributed by atoms with van der Waals surface area (Å²) in [5.74, 6) is 0.793. The van der Waals surface area contributed by atoms with Crippen LogP contribution in [0, 0.1) is 11.8 Å². The van der Waals surface area contributed by atoms with Gasteiger partial charge in [-0.25, -0.2) is 19.6 Å². The Bertz CT molecular complexity index is 2270. The van der Waals surface area contributed by atoms with Crippen LogP contribution in [0.5, 0.6) is 0 Å². The second kappa shape index (κ2) is 17.0. The molecular weight excluding hydrogens is 743 g/mol. The molecule has 0 saturated carbocycles. The summed E-state index contributed by atoms with van der Waals surface area (Å²) in [6, 6.07) is 7.82. The summed E-state index contributed by atoms with van der Waals surface area (Å²) in [4.78, 5) is 84.9. The first kappa shape index (κ1) is 39.8. The van der Waals surface area contributed by atoms with Crippen molar-refractivity contribution in [3.05, 3.63) is 66.8 Å². The molecule has 17 nitrogen and oxygen atoms in total. The highest BCUT2D eigenvalue weighted by molar-refractivity contribution is 5.87. The number of benzene rings is 1. The summed E-state index contributed by atoms with van der Waals surface area (Å²) in [5.41, 5.74) is 5.84. The van der Waals surface area contributed by atoms with Crippen LogP contribution in [0.2, 0.25) is 0 Å². The van der Waals surface area contributed by atoms with E-state index in [4.69, 9.17) is 19.4 Å². The van der Waals surface area contributed by atoms with E-state index in [0.717, 1.165) is 48.0 Å². The SMILES string of the molecule is COC(=O)N[C@H](C(=O)N1CCC[C@H]1c1nc(-c2ccc(-c3cnc(-c4cc5nc([C@@H]6CCCN6C(=O)[C@@H](NC(=O)OC)C(C)C)[nH]c5cn4)cn3)cc2)c[nH]1)C(C)C. The van der Waals surface area contributed by atoms with Crippen LogP contribution in [0.15, 0.2) is 55.1 Å². The first-order valence-corrected chi connectivity index (χ1v) is 19.6. The fraction of sp³-hybridized carbons (Fsp3) is 0.439. The predicted octanol–water partition coefficient (Wildman–Crippen LogP) is 5.56. The Kier molecular flexibility index (Phi) is 11.7. The zero-order valence-corrected chi connectivity index (χ0v) is 33.5. The zero-order chi connectivity index (χ0) is 41.1. The highest BCUT2D eigenvalue weighted by Gasteiger charge is 2.39. The number of nitrogens with one attached hydrogen (secondary N) is 4. The van der Waals surface area contributed by atoms with Gasteiger partial charge in [-0.1, -0.05) is 52.0 Å². The Morgan fingerprint density at radius 2 is 1.21 bits per heavy atom. The summed E-state index contributed by atoms with van der Waals surface area (Å²) >= 11 is 0. The van der Waals surface area contributed by atoms with Gasteiger partial charge in [-0.05, 0) is 43.6 Å². The average Bonchev–Trinajstić information content (AvgIpc) is 4.07. The number of alkyl carbamates (subject to hydrolysis) is 2. The molecule has 0 radical (unpaired) electrons. The lowest BCUT2D eigenvalue weighted by atomic mass is 10.0. The van der Waals surface area contributed by atoms with E-state index >= 15 is 0 Å². The molecule has 2 saturated heterocycles. The van der Waals surface area contributed by atoms with Crippen molar-refractivity contribution in [3.63, 3.8) is 0 Å². The number of hydrogen-bond donors (Lipinski definition) is 4. The largest absolute Gasteiger partial charge is 0.453 e. The monoisotopic (exact) mass is 791 g/mol. The molecule has 2 fully saturated rings. The zero-order valence-electron chi connectivity index (χ0n) is 33.5. The molecule has 0 unspecified atom stereocenters. The Hall–Kier alpha value is -6.39. The standard InChI is InChI=1S/C41H49N11O6/c1-22(2)34(49-40(55)57-5)38(53)51-15-7-9-32(51)36-45-19-29(47-36)25-13-11-24(12-14-25)28-18-44-30(20-43-28)26-17-27-31(21-42-26)48-37(46-27)33-10-8-16-52(33)39(54)35(23(3)4)50-41(56)58-6/h11-14,17-23,32-35H,7-10,15-16H2,1-6H3,(H,45,47)(H,46,48)(H,49,55)(H,50,56)/t32-,33-,34-,35-/m0/s1. The van der Waals surface area contributed by atoms with Gasteiger partial charge >= 0.3 is 12.2 Å². The van der Waals surface area contributed by atoms with Crippen molar-refractivity contribution in [1.29, 1.82) is 0 Å². The Labute approximate surface area is 335 Å². The molecule has 0 aliphatic carbocycles. The second-order valence-corrected chi connectivity index (χ2v) is 15.3. The second-order valence-electron chi connectivity index (χ2n) is 15.3. The van der Waals surface area contributed by atoms with Crippen LogP contribution >= 0.6 is 0 Å². The number of imidazole rings is 2. The molecule has 1 aromatic carbocycles. The molecule has 7 rings (SSSR count). The normalized spacial score (nSPS) is 17.8. The van der Waals surface area contributed by atoms with Gasteiger partial charge in [-0.15, -0.1) is 0 Å². The topological polar surface area (TPSA) is 213 Å². The quantitative estimate of drug-likeness (QED) is 0.130. The molecule has 4 N–H and O–H groups in total. The number of carbonyl (C=O) groups is 4. The fourth-order valence-corrected chi connectivity index (χ4v) is 7.69. The summed E-state index contributed by atoms with van der Waals surface area (Å²) in [6.45, 7) is 8.70. The van der Waals surface area contributed by atoms with Crippen molar-refractivity contribution in [2.75, 3.05) is 27.3 Å². The maximum Gasteiger partial charge on any atom is 0.407 e. The smallest absolute Gasteiger partial charge is 0.407 e. The molecule has 304 valence electrons. The van der Waals surface area contributed by atoms with Crippen molar-refractivity contribution in [3.8, 4) is 33.9 Å². The van der Waals surface area contributed by atoms with Gasteiger partial charge in [0, 0.05) is 30.4 Å². The van der Waals surface area contributed by atoms with E-state index in [0.29, 0.717) is 47.3 Å². The van der Waals surface area contributed by atoms with Gasteiger partial charge in [0.1, 0.15) is 29.4 Å². The minimum absolute atomic E-state index is 0.116. The van der Waals surface area contributed by atoms with Crippen molar-refractivity contribution >= 4 is 35.0 Å². The number of aromatic nitrogens is 7. The lowest BCUT2D eigenvalue weighted by Gasteiger charge is -2.29. The van der Waals surface area contributed by atoms with E-state index in [-0.39, 0.29) is 35.7 Å². The summed E-state index contributed by atoms with van der Waals surface area (Å²) < 4.78 is 9.50. The Balaban J connectivity index is 1.02. The highest BCUT2D eigenvalue weighted by atomic mass is 16.5. The molecule has 17 heteroatoms. The van der Waals surface area contributed by atoms with Crippen LogP contribution in [0.3, 0.4) is 0 Å². The third-order valence-electron chi connectivity index (χ3n) is 10.9. The van der Waals surface area contributed by atoms with Crippen LogP contribution in [0.4, 0.5) is 9.59 Å². The average molecular weight is 792 g/mol. The molecule has 4 atom stereocenters. The van der Waals surface area contributed by atoms with E-state index in [1.54, 1.807) is 28.4 Å². The maximum atomic E-state index is 13.6. The minimum atomic E-state index is -0.716. The number of amides is 4. The van der Waals surface area contributed by atoms with Gasteiger partial charge in [0.2, 0.25) is 11.8 Å². The maximum absolute atomic E-state index is 13.6. The van der Waals surface area contributed by atoms with E-state index in [9.17, 15) is 19.2 Å². The molecule has 0 spiro atoms. The van der Waals surface area contributed by atoms with Crippen molar-refractivity contribution in [2.45, 2.75) is 77.5 Å². The van der Waals surface area contributed by atoms with E-state index < -0.39 is 24.3 Å².